The van der Waals surface area contributed by atoms with Crippen LogP contribution in [0, 0.1) is 0 Å². The van der Waals surface area contributed by atoms with Gasteiger partial charge in [0.15, 0.2) is 5.82 Å². The first-order chi connectivity index (χ1) is 13.2. The molecule has 3 heterocycles. The Labute approximate surface area is 159 Å². The first-order valence-corrected chi connectivity index (χ1v) is 8.86. The molecule has 8 nitrogen and oxygen atoms in total. The Kier molecular flexibility index (Phi) is 6.22. The van der Waals surface area contributed by atoms with Crippen molar-refractivity contribution in [3.05, 3.63) is 60.9 Å². The maximum absolute atomic E-state index is 4.80. The van der Waals surface area contributed by atoms with Crippen LogP contribution < -0.4 is 4.90 Å². The Morgan fingerprint density at radius 3 is 2.89 bits per heavy atom. The minimum absolute atomic E-state index is 0.498. The summed E-state index contributed by atoms with van der Waals surface area (Å²) in [5, 5.41) is 13.7. The van der Waals surface area contributed by atoms with Gasteiger partial charge in [-0.3, -0.25) is 4.98 Å². The topological polar surface area (TPSA) is 86.7 Å². The Hall–Kier alpha value is -3.13. The molecule has 1 N–H and O–H groups in total. The molecule has 0 bridgehead atoms. The average molecular weight is 364 g/mol. The fourth-order valence-corrected chi connectivity index (χ4v) is 2.83. The third-order valence-corrected chi connectivity index (χ3v) is 4.33. The van der Waals surface area contributed by atoms with Gasteiger partial charge in [0, 0.05) is 25.2 Å². The van der Waals surface area contributed by atoms with Crippen molar-refractivity contribution < 1.29 is 0 Å². The first-order valence-electron chi connectivity index (χ1n) is 8.86. The molecule has 1 aliphatic heterocycles. The molecule has 0 saturated carbocycles. The minimum Gasteiger partial charge on any atom is -0.354 e. The SMILES string of the molecule is C=C/C(=C\C(=C)/C=C/c1nn[nH]n1)c1cncc(N2CCCN(C)CC2)n1. The van der Waals surface area contributed by atoms with E-state index in [0.29, 0.717) is 5.82 Å². The van der Waals surface area contributed by atoms with E-state index in [9.17, 15) is 0 Å². The fourth-order valence-electron chi connectivity index (χ4n) is 2.83. The Morgan fingerprint density at radius 2 is 2.11 bits per heavy atom. The molecule has 140 valence electrons. The number of nitrogens with one attached hydrogen (secondary N) is 1. The Bertz CT molecular complexity index is 837. The Balaban J connectivity index is 1.76. The molecular weight excluding hydrogens is 340 g/mol. The number of aromatic nitrogens is 6. The zero-order valence-electron chi connectivity index (χ0n) is 15.5. The monoisotopic (exact) mass is 364 g/mol. The van der Waals surface area contributed by atoms with Crippen LogP contribution in [0.15, 0.2) is 49.4 Å². The van der Waals surface area contributed by atoms with Crippen LogP contribution >= 0.6 is 0 Å². The predicted octanol–water partition coefficient (Wildman–Crippen LogP) is 1.97. The lowest BCUT2D eigenvalue weighted by atomic mass is 10.1. The van der Waals surface area contributed by atoms with Crippen molar-refractivity contribution in [3.8, 4) is 0 Å². The molecule has 0 unspecified atom stereocenters. The van der Waals surface area contributed by atoms with Crippen LogP contribution in [0.2, 0.25) is 0 Å². The van der Waals surface area contributed by atoms with Gasteiger partial charge in [-0.25, -0.2) is 4.98 Å². The number of rotatable bonds is 6. The van der Waals surface area contributed by atoms with Crippen molar-refractivity contribution in [3.63, 3.8) is 0 Å². The van der Waals surface area contributed by atoms with E-state index < -0.39 is 0 Å². The molecule has 8 heteroatoms. The maximum atomic E-state index is 4.80. The highest BCUT2D eigenvalue weighted by molar-refractivity contribution is 5.74. The number of tetrazole rings is 1. The maximum Gasteiger partial charge on any atom is 0.197 e. The van der Waals surface area contributed by atoms with Crippen molar-refractivity contribution in [2.45, 2.75) is 6.42 Å². The smallest absolute Gasteiger partial charge is 0.197 e. The quantitative estimate of drug-likeness (QED) is 0.784. The zero-order chi connectivity index (χ0) is 19.1. The van der Waals surface area contributed by atoms with Gasteiger partial charge in [-0.15, -0.1) is 10.2 Å². The zero-order valence-corrected chi connectivity index (χ0v) is 15.5. The molecule has 0 spiro atoms. The summed E-state index contributed by atoms with van der Waals surface area (Å²) in [7, 11) is 2.15. The van der Waals surface area contributed by atoms with E-state index in [1.54, 1.807) is 18.3 Å². The third kappa shape index (κ3) is 5.18. The number of H-pyrrole nitrogens is 1. The summed E-state index contributed by atoms with van der Waals surface area (Å²) in [5.41, 5.74) is 2.41. The Morgan fingerprint density at radius 1 is 1.22 bits per heavy atom. The van der Waals surface area contributed by atoms with Crippen LogP contribution in [0.1, 0.15) is 17.9 Å². The van der Waals surface area contributed by atoms with Crippen molar-refractivity contribution in [2.75, 3.05) is 38.1 Å². The highest BCUT2D eigenvalue weighted by Crippen LogP contribution is 2.19. The van der Waals surface area contributed by atoms with E-state index in [4.69, 9.17) is 4.98 Å². The molecule has 2 aromatic heterocycles. The van der Waals surface area contributed by atoms with Crippen molar-refractivity contribution in [2.24, 2.45) is 0 Å². The molecule has 2 aromatic rings. The van der Waals surface area contributed by atoms with Crippen molar-refractivity contribution in [1.29, 1.82) is 0 Å². The molecule has 27 heavy (non-hydrogen) atoms. The highest BCUT2D eigenvalue weighted by atomic mass is 15.5. The number of anilines is 1. The van der Waals surface area contributed by atoms with Crippen LogP contribution in [0.3, 0.4) is 0 Å². The average Bonchev–Trinajstić information content (AvgIpc) is 3.11. The van der Waals surface area contributed by atoms with Crippen LogP contribution in [0.5, 0.6) is 0 Å². The minimum atomic E-state index is 0.498. The van der Waals surface area contributed by atoms with E-state index in [-0.39, 0.29) is 0 Å². The van der Waals surface area contributed by atoms with Gasteiger partial charge in [0.1, 0.15) is 5.82 Å². The van der Waals surface area contributed by atoms with Gasteiger partial charge >= 0.3 is 0 Å². The number of nitrogens with zero attached hydrogens (tertiary/aromatic N) is 7. The first kappa shape index (κ1) is 18.7. The summed E-state index contributed by atoms with van der Waals surface area (Å²) >= 11 is 0. The summed E-state index contributed by atoms with van der Waals surface area (Å²) in [5.74, 6) is 1.39. The molecule has 0 atom stereocenters. The summed E-state index contributed by atoms with van der Waals surface area (Å²) in [6.07, 6.45) is 11.9. The highest BCUT2D eigenvalue weighted by Gasteiger charge is 2.14. The van der Waals surface area contributed by atoms with Crippen molar-refractivity contribution >= 4 is 17.5 Å². The van der Waals surface area contributed by atoms with Gasteiger partial charge in [0.05, 0.1) is 18.1 Å². The van der Waals surface area contributed by atoms with Gasteiger partial charge in [-0.1, -0.05) is 25.3 Å². The van der Waals surface area contributed by atoms with Gasteiger partial charge < -0.3 is 9.80 Å². The summed E-state index contributed by atoms with van der Waals surface area (Å²) in [6, 6.07) is 0. The fraction of sp³-hybridized carbons (Fsp3) is 0.316. The second kappa shape index (κ2) is 9.00. The van der Waals surface area contributed by atoms with Gasteiger partial charge in [0.2, 0.25) is 0 Å². The molecular formula is C19H24N8. The van der Waals surface area contributed by atoms with E-state index >= 15 is 0 Å². The van der Waals surface area contributed by atoms with Gasteiger partial charge in [-0.05, 0) is 43.0 Å². The lowest BCUT2D eigenvalue weighted by molar-refractivity contribution is 0.360. The summed E-state index contributed by atoms with van der Waals surface area (Å²) < 4.78 is 0. The number of likely N-dealkylation sites (N-methyl/N-ethyl adjacent to an activating group) is 1. The van der Waals surface area contributed by atoms with E-state index in [1.165, 1.54) is 0 Å². The molecule has 1 fully saturated rings. The van der Waals surface area contributed by atoms with Crippen LogP contribution in [0.25, 0.3) is 11.6 Å². The van der Waals surface area contributed by atoms with E-state index in [1.807, 2.05) is 18.3 Å². The van der Waals surface area contributed by atoms with E-state index in [2.05, 4.69) is 55.6 Å². The van der Waals surface area contributed by atoms with Crippen LogP contribution in [-0.2, 0) is 0 Å². The largest absolute Gasteiger partial charge is 0.354 e. The second-order valence-electron chi connectivity index (χ2n) is 6.39. The molecule has 0 aliphatic carbocycles. The predicted molar refractivity (Wildman–Crippen MR) is 107 cm³/mol. The third-order valence-electron chi connectivity index (χ3n) is 4.33. The van der Waals surface area contributed by atoms with Crippen LogP contribution in [0.4, 0.5) is 5.82 Å². The molecule has 0 radical (unpaired) electrons. The normalized spacial score (nSPS) is 16.5. The molecule has 1 aliphatic rings. The van der Waals surface area contributed by atoms with Crippen molar-refractivity contribution in [1.82, 2.24) is 35.5 Å². The summed E-state index contributed by atoms with van der Waals surface area (Å²) in [6.45, 7) is 12.0. The second-order valence-corrected chi connectivity index (χ2v) is 6.39. The lowest BCUT2D eigenvalue weighted by Gasteiger charge is -2.21. The number of aromatic amines is 1. The number of hydrogen-bond donors (Lipinski definition) is 1. The van der Waals surface area contributed by atoms with E-state index in [0.717, 1.165) is 55.3 Å². The lowest BCUT2D eigenvalue weighted by Crippen LogP contribution is -2.29. The van der Waals surface area contributed by atoms with Gasteiger partial charge in [0.25, 0.3) is 0 Å². The van der Waals surface area contributed by atoms with Gasteiger partial charge in [-0.2, -0.15) is 5.21 Å². The molecule has 0 aromatic carbocycles. The molecule has 0 amide bonds. The summed E-state index contributed by atoms with van der Waals surface area (Å²) in [4.78, 5) is 13.8. The van der Waals surface area contributed by atoms with Crippen LogP contribution in [-0.4, -0.2) is 68.7 Å². The number of hydrogen-bond acceptors (Lipinski definition) is 7. The standard InChI is InChI=1S/C19H24N8/c1-4-16(12-15(2)6-7-18-22-24-25-23-18)17-13-20-14-19(21-17)27-9-5-8-26(3)10-11-27/h4,6-7,12-14H,1-2,5,8-11H2,3H3,(H,22,23,24,25)/b7-6+,16-12+. The molecule has 3 rings (SSSR count). The number of allylic oxidation sites excluding steroid dienone is 5. The molecule has 1 saturated heterocycles.